The van der Waals surface area contributed by atoms with Crippen LogP contribution in [0.5, 0.6) is 0 Å². The summed E-state index contributed by atoms with van der Waals surface area (Å²) in [7, 11) is 1.33. The number of ether oxygens (including phenoxy) is 1. The van der Waals surface area contributed by atoms with E-state index in [4.69, 9.17) is 9.15 Å². The quantitative estimate of drug-likeness (QED) is 0.747. The van der Waals surface area contributed by atoms with Crippen LogP contribution in [0.15, 0.2) is 27.1 Å². The molecule has 0 radical (unpaired) electrons. The Morgan fingerprint density at radius 3 is 2.52 bits per heavy atom. The van der Waals surface area contributed by atoms with Crippen LogP contribution in [0.2, 0.25) is 0 Å². The van der Waals surface area contributed by atoms with Crippen LogP contribution in [0.25, 0.3) is 11.5 Å². The van der Waals surface area contributed by atoms with Crippen molar-refractivity contribution in [2.75, 3.05) is 7.11 Å². The van der Waals surface area contributed by atoms with E-state index in [-0.39, 0.29) is 11.2 Å². The number of rotatable bonds is 2. The van der Waals surface area contributed by atoms with E-state index in [0.29, 0.717) is 11.6 Å². The zero-order valence-electron chi connectivity index (χ0n) is 12.8. The second kappa shape index (κ2) is 5.64. The van der Waals surface area contributed by atoms with Crippen molar-refractivity contribution in [3.05, 3.63) is 39.7 Å². The van der Waals surface area contributed by atoms with Crippen LogP contribution >= 0.6 is 15.9 Å². The first-order valence-electron chi connectivity index (χ1n) is 6.60. The summed E-state index contributed by atoms with van der Waals surface area (Å²) in [6, 6.07) is 5.79. The first kappa shape index (κ1) is 15.8. The molecule has 0 aliphatic heterocycles. The molecule has 1 aromatic carbocycles. The van der Waals surface area contributed by atoms with Gasteiger partial charge in [0.05, 0.1) is 7.11 Å². The SMILES string of the molecule is COC(=O)c1oc(-c2ccc(Br)c(C)c2)nc1C(C)(C)C. The van der Waals surface area contributed by atoms with Crippen molar-refractivity contribution in [2.45, 2.75) is 33.1 Å². The second-order valence-electron chi connectivity index (χ2n) is 5.90. The largest absolute Gasteiger partial charge is 0.463 e. The van der Waals surface area contributed by atoms with Crippen molar-refractivity contribution in [2.24, 2.45) is 0 Å². The first-order valence-corrected chi connectivity index (χ1v) is 7.39. The van der Waals surface area contributed by atoms with Crippen LogP contribution in [0.3, 0.4) is 0 Å². The minimum Gasteiger partial charge on any atom is -0.463 e. The average Bonchev–Trinajstić information content (AvgIpc) is 2.86. The van der Waals surface area contributed by atoms with E-state index in [2.05, 4.69) is 20.9 Å². The molecular weight excluding hydrogens is 334 g/mol. The van der Waals surface area contributed by atoms with E-state index in [0.717, 1.165) is 15.6 Å². The Morgan fingerprint density at radius 2 is 2.00 bits per heavy atom. The molecule has 0 atom stereocenters. The van der Waals surface area contributed by atoms with Gasteiger partial charge in [-0.1, -0.05) is 36.7 Å². The molecule has 0 aliphatic carbocycles. The molecule has 1 aromatic heterocycles. The summed E-state index contributed by atoms with van der Waals surface area (Å²) >= 11 is 3.46. The predicted octanol–water partition coefficient (Wildman–Crippen LogP) is 4.50. The number of carbonyl (C=O) groups excluding carboxylic acids is 1. The van der Waals surface area contributed by atoms with Gasteiger partial charge < -0.3 is 9.15 Å². The number of methoxy groups -OCH3 is 1. The third-order valence-corrected chi connectivity index (χ3v) is 4.00. The molecule has 0 aliphatic rings. The Balaban J connectivity index is 2.58. The van der Waals surface area contributed by atoms with Crippen LogP contribution < -0.4 is 0 Å². The highest BCUT2D eigenvalue weighted by molar-refractivity contribution is 9.10. The maximum absolute atomic E-state index is 11.9. The van der Waals surface area contributed by atoms with Gasteiger partial charge in [-0.15, -0.1) is 0 Å². The molecular formula is C16H18BrNO3. The number of hydrogen-bond donors (Lipinski definition) is 0. The van der Waals surface area contributed by atoms with Gasteiger partial charge in [-0.3, -0.25) is 0 Å². The number of carbonyl (C=O) groups is 1. The lowest BCUT2D eigenvalue weighted by Crippen LogP contribution is -2.17. The minimum atomic E-state index is -0.507. The topological polar surface area (TPSA) is 52.3 Å². The van der Waals surface area contributed by atoms with E-state index < -0.39 is 5.97 Å². The molecule has 0 unspecified atom stereocenters. The number of aromatic nitrogens is 1. The van der Waals surface area contributed by atoms with Gasteiger partial charge in [0.15, 0.2) is 0 Å². The van der Waals surface area contributed by atoms with Crippen molar-refractivity contribution in [3.8, 4) is 11.5 Å². The lowest BCUT2D eigenvalue weighted by Gasteiger charge is -2.15. The van der Waals surface area contributed by atoms with Crippen molar-refractivity contribution in [1.82, 2.24) is 4.98 Å². The summed E-state index contributed by atoms with van der Waals surface area (Å²) in [5.41, 5.74) is 2.19. The molecule has 0 N–H and O–H groups in total. The molecule has 2 aromatic rings. The molecule has 1 heterocycles. The van der Waals surface area contributed by atoms with Crippen LogP contribution in [0, 0.1) is 6.92 Å². The molecule has 4 nitrogen and oxygen atoms in total. The van der Waals surface area contributed by atoms with Crippen LogP contribution in [-0.4, -0.2) is 18.1 Å². The number of aryl methyl sites for hydroxylation is 1. The Hall–Kier alpha value is -1.62. The number of hydrogen-bond acceptors (Lipinski definition) is 4. The minimum absolute atomic E-state index is 0.167. The third kappa shape index (κ3) is 3.18. The fourth-order valence-electron chi connectivity index (χ4n) is 1.96. The smallest absolute Gasteiger partial charge is 0.376 e. The Labute approximate surface area is 132 Å². The van der Waals surface area contributed by atoms with E-state index in [1.807, 2.05) is 45.9 Å². The van der Waals surface area contributed by atoms with E-state index in [9.17, 15) is 4.79 Å². The lowest BCUT2D eigenvalue weighted by atomic mass is 9.91. The fourth-order valence-corrected chi connectivity index (χ4v) is 2.21. The number of halogens is 1. The van der Waals surface area contributed by atoms with E-state index in [1.165, 1.54) is 7.11 Å². The summed E-state index contributed by atoms with van der Waals surface area (Å²) in [6.07, 6.45) is 0. The fraction of sp³-hybridized carbons (Fsp3) is 0.375. The molecule has 0 amide bonds. The molecule has 2 rings (SSSR count). The van der Waals surface area contributed by atoms with Crippen molar-refractivity contribution in [1.29, 1.82) is 0 Å². The Bertz CT molecular complexity index is 683. The summed E-state index contributed by atoms with van der Waals surface area (Å²) in [4.78, 5) is 16.4. The number of esters is 1. The zero-order chi connectivity index (χ0) is 15.8. The van der Waals surface area contributed by atoms with Crippen molar-refractivity contribution in [3.63, 3.8) is 0 Å². The standard InChI is InChI=1S/C16H18BrNO3/c1-9-8-10(6-7-11(9)17)14-18-13(16(2,3)4)12(21-14)15(19)20-5/h6-8H,1-5H3. The van der Waals surface area contributed by atoms with Gasteiger partial charge >= 0.3 is 5.97 Å². The maximum Gasteiger partial charge on any atom is 0.376 e. The van der Waals surface area contributed by atoms with E-state index in [1.54, 1.807) is 0 Å². The van der Waals surface area contributed by atoms with Gasteiger partial charge in [0, 0.05) is 15.5 Å². The second-order valence-corrected chi connectivity index (χ2v) is 6.76. The monoisotopic (exact) mass is 351 g/mol. The summed E-state index contributed by atoms with van der Waals surface area (Å²) in [5.74, 6) is 0.0870. The highest BCUT2D eigenvalue weighted by Gasteiger charge is 2.29. The highest BCUT2D eigenvalue weighted by atomic mass is 79.9. The van der Waals surface area contributed by atoms with Gasteiger partial charge in [-0.2, -0.15) is 0 Å². The van der Waals surface area contributed by atoms with Gasteiger partial charge in [0.2, 0.25) is 11.7 Å². The van der Waals surface area contributed by atoms with Crippen molar-refractivity contribution >= 4 is 21.9 Å². The molecule has 0 spiro atoms. The van der Waals surface area contributed by atoms with Gasteiger partial charge in [0.25, 0.3) is 0 Å². The predicted molar refractivity (Wildman–Crippen MR) is 84.4 cm³/mol. The third-order valence-electron chi connectivity index (χ3n) is 3.11. The van der Waals surface area contributed by atoms with E-state index >= 15 is 0 Å². The maximum atomic E-state index is 11.9. The molecule has 0 saturated carbocycles. The number of nitrogens with zero attached hydrogens (tertiary/aromatic N) is 1. The van der Waals surface area contributed by atoms with Crippen LogP contribution in [0.1, 0.15) is 42.6 Å². The Kier molecular flexibility index (Phi) is 4.23. The Morgan fingerprint density at radius 1 is 1.33 bits per heavy atom. The first-order chi connectivity index (χ1) is 9.74. The van der Waals surface area contributed by atoms with Gasteiger partial charge in [0.1, 0.15) is 5.69 Å². The zero-order valence-corrected chi connectivity index (χ0v) is 14.4. The number of oxazole rings is 1. The molecule has 112 valence electrons. The van der Waals surface area contributed by atoms with Gasteiger partial charge in [-0.05, 0) is 30.7 Å². The lowest BCUT2D eigenvalue weighted by molar-refractivity contribution is 0.0562. The highest BCUT2D eigenvalue weighted by Crippen LogP contribution is 2.31. The normalized spacial score (nSPS) is 11.5. The molecule has 21 heavy (non-hydrogen) atoms. The summed E-state index contributed by atoms with van der Waals surface area (Å²) < 4.78 is 11.5. The van der Waals surface area contributed by atoms with Gasteiger partial charge in [-0.25, -0.2) is 9.78 Å². The average molecular weight is 352 g/mol. The summed E-state index contributed by atoms with van der Waals surface area (Å²) in [5, 5.41) is 0. The molecule has 0 bridgehead atoms. The molecule has 5 heteroatoms. The van der Waals surface area contributed by atoms with Crippen LogP contribution in [-0.2, 0) is 10.2 Å². The molecule has 0 saturated heterocycles. The summed E-state index contributed by atoms with van der Waals surface area (Å²) in [6.45, 7) is 7.93. The molecule has 0 fully saturated rings. The number of benzene rings is 1. The van der Waals surface area contributed by atoms with Crippen LogP contribution in [0.4, 0.5) is 0 Å². The van der Waals surface area contributed by atoms with Crippen molar-refractivity contribution < 1.29 is 13.9 Å².